The minimum atomic E-state index is -4.70. The van der Waals surface area contributed by atoms with E-state index in [2.05, 4.69) is 0 Å². The number of alkyl halides is 3. The van der Waals surface area contributed by atoms with Crippen molar-refractivity contribution in [2.75, 3.05) is 19.1 Å². The molecule has 0 amide bonds. The Bertz CT molecular complexity index is 1650. The number of nitrogens with zero attached hydrogens (tertiary/aromatic N) is 1. The Kier molecular flexibility index (Phi) is 7.83. The zero-order valence-electron chi connectivity index (χ0n) is 23.0. The van der Waals surface area contributed by atoms with E-state index in [-0.39, 0.29) is 40.3 Å². The normalized spacial score (nSPS) is 20.6. The summed E-state index contributed by atoms with van der Waals surface area (Å²) in [5.41, 5.74) is 6.37. The second-order valence-electron chi connectivity index (χ2n) is 10.1. The molecule has 43 heavy (non-hydrogen) atoms. The number of anilines is 1. The van der Waals surface area contributed by atoms with E-state index in [9.17, 15) is 31.9 Å². The summed E-state index contributed by atoms with van der Waals surface area (Å²) in [6, 6.07) is 18.0. The van der Waals surface area contributed by atoms with Gasteiger partial charge in [-0.2, -0.15) is 13.2 Å². The molecule has 2 aliphatic rings. The third kappa shape index (κ3) is 5.26. The van der Waals surface area contributed by atoms with Crippen LogP contribution in [0.1, 0.15) is 34.9 Å². The molecule has 2 N–H and O–H groups in total. The Morgan fingerprint density at radius 3 is 2.19 bits per heavy atom. The number of ether oxygens (including phenoxy) is 2. The van der Waals surface area contributed by atoms with Crippen LogP contribution in [0.4, 0.5) is 23.2 Å². The second-order valence-corrected chi connectivity index (χ2v) is 10.1. The van der Waals surface area contributed by atoms with Crippen molar-refractivity contribution in [1.29, 1.82) is 0 Å². The van der Waals surface area contributed by atoms with E-state index in [0.717, 1.165) is 38.5 Å². The molecule has 1 heterocycles. The van der Waals surface area contributed by atoms with Crippen LogP contribution < -0.4 is 10.6 Å². The number of hydrogen-bond donors (Lipinski definition) is 1. The molecule has 7 nitrogen and oxygen atoms in total. The van der Waals surface area contributed by atoms with E-state index in [1.165, 1.54) is 29.2 Å². The van der Waals surface area contributed by atoms with E-state index in [1.807, 2.05) is 0 Å². The summed E-state index contributed by atoms with van der Waals surface area (Å²) in [4.78, 5) is 42.2. The standard InChI is InChI=1S/C32H26F4N2O5/c1-42-30(40)25-22(17-7-4-3-5-8-17)16-23-26(28(25)39)24(18-11-13-20(33)14-12-18)27(31(41)43-2)29(37)38(23)21-10-6-9-19(15-21)32(34,35)36/h3-15,22,24-25H,16,37H2,1-2H3/t22-,24-,25-/m0/s1. The maximum atomic E-state index is 14.5. The molecule has 3 aromatic rings. The minimum Gasteiger partial charge on any atom is -0.468 e. The molecule has 222 valence electrons. The van der Waals surface area contributed by atoms with Gasteiger partial charge in [0.2, 0.25) is 0 Å². The lowest BCUT2D eigenvalue weighted by molar-refractivity contribution is -0.150. The molecular formula is C32H26F4N2O5. The Balaban J connectivity index is 1.84. The first kappa shape index (κ1) is 29.6. The molecule has 0 bridgehead atoms. The number of halogens is 4. The van der Waals surface area contributed by atoms with Gasteiger partial charge in [-0.3, -0.25) is 14.5 Å². The molecule has 5 rings (SSSR count). The highest BCUT2D eigenvalue weighted by atomic mass is 19.4. The Labute approximate surface area is 244 Å². The number of nitrogens with two attached hydrogens (primary N) is 1. The van der Waals surface area contributed by atoms with E-state index in [4.69, 9.17) is 15.2 Å². The number of ketones is 1. The van der Waals surface area contributed by atoms with Gasteiger partial charge in [-0.05, 0) is 47.9 Å². The number of carbonyl (C=O) groups excluding carboxylic acids is 3. The molecule has 0 saturated heterocycles. The summed E-state index contributed by atoms with van der Waals surface area (Å²) in [5, 5.41) is 0. The summed E-state index contributed by atoms with van der Waals surface area (Å²) in [6.45, 7) is 0. The van der Waals surface area contributed by atoms with Crippen molar-refractivity contribution in [2.24, 2.45) is 11.7 Å². The van der Waals surface area contributed by atoms with Crippen LogP contribution in [-0.2, 0) is 30.0 Å². The molecule has 11 heteroatoms. The van der Waals surface area contributed by atoms with Crippen LogP contribution in [0.2, 0.25) is 0 Å². The quantitative estimate of drug-likeness (QED) is 0.234. The van der Waals surface area contributed by atoms with Gasteiger partial charge < -0.3 is 15.2 Å². The van der Waals surface area contributed by atoms with Crippen molar-refractivity contribution < 1.29 is 41.4 Å². The van der Waals surface area contributed by atoms with Crippen molar-refractivity contribution in [2.45, 2.75) is 24.4 Å². The molecule has 0 spiro atoms. The first-order valence-electron chi connectivity index (χ1n) is 13.2. The molecule has 0 fully saturated rings. The van der Waals surface area contributed by atoms with Crippen molar-refractivity contribution in [3.05, 3.63) is 124 Å². The predicted octanol–water partition coefficient (Wildman–Crippen LogP) is 5.59. The fourth-order valence-corrected chi connectivity index (χ4v) is 5.85. The van der Waals surface area contributed by atoms with Crippen LogP contribution in [0.25, 0.3) is 0 Å². The summed E-state index contributed by atoms with van der Waals surface area (Å²) in [5.74, 6) is -6.69. The van der Waals surface area contributed by atoms with Gasteiger partial charge in [0.1, 0.15) is 17.6 Å². The van der Waals surface area contributed by atoms with Crippen LogP contribution in [0.15, 0.2) is 102 Å². The fraction of sp³-hybridized carbons (Fsp3) is 0.219. The smallest absolute Gasteiger partial charge is 0.416 e. The number of esters is 2. The number of Topliss-reactive ketones (excluding diaryl/α,β-unsaturated/α-hetero) is 1. The van der Waals surface area contributed by atoms with Crippen LogP contribution in [0, 0.1) is 11.7 Å². The highest BCUT2D eigenvalue weighted by Crippen LogP contribution is 2.51. The third-order valence-corrected chi connectivity index (χ3v) is 7.76. The lowest BCUT2D eigenvalue weighted by Crippen LogP contribution is -2.46. The van der Waals surface area contributed by atoms with Crippen LogP contribution in [0.5, 0.6) is 0 Å². The van der Waals surface area contributed by atoms with Gasteiger partial charge in [0.25, 0.3) is 0 Å². The fourth-order valence-electron chi connectivity index (χ4n) is 5.85. The van der Waals surface area contributed by atoms with Crippen molar-refractivity contribution in [3.8, 4) is 0 Å². The number of rotatable bonds is 5. The first-order chi connectivity index (χ1) is 20.5. The van der Waals surface area contributed by atoms with Crippen LogP contribution in [-0.4, -0.2) is 31.9 Å². The zero-order valence-corrected chi connectivity index (χ0v) is 23.0. The average molecular weight is 595 g/mol. The summed E-state index contributed by atoms with van der Waals surface area (Å²) in [6.07, 6.45) is -4.73. The minimum absolute atomic E-state index is 0.0338. The highest BCUT2D eigenvalue weighted by molar-refractivity contribution is 6.14. The SMILES string of the molecule is COC(=O)C1=C(N)N(c2cccc(C(F)(F)F)c2)C2=C(C(=O)[C@@H](C(=O)OC)[C@H](c3ccccc3)C2)[C@@H]1c1ccc(F)cc1. The van der Waals surface area contributed by atoms with E-state index < -0.39 is 53.0 Å². The summed E-state index contributed by atoms with van der Waals surface area (Å²) >= 11 is 0. The van der Waals surface area contributed by atoms with Crippen LogP contribution in [0.3, 0.4) is 0 Å². The molecule has 0 aromatic heterocycles. The maximum Gasteiger partial charge on any atom is 0.416 e. The lowest BCUT2D eigenvalue weighted by atomic mass is 9.67. The first-order valence-corrected chi connectivity index (χ1v) is 13.2. The Morgan fingerprint density at radius 2 is 1.58 bits per heavy atom. The van der Waals surface area contributed by atoms with Crippen molar-refractivity contribution in [1.82, 2.24) is 0 Å². The van der Waals surface area contributed by atoms with Gasteiger partial charge >= 0.3 is 18.1 Å². The molecule has 0 radical (unpaired) electrons. The second kappa shape index (κ2) is 11.4. The average Bonchev–Trinajstić information content (AvgIpc) is 3.00. The van der Waals surface area contributed by atoms with E-state index >= 15 is 0 Å². The number of benzene rings is 3. The van der Waals surface area contributed by atoms with Crippen molar-refractivity contribution in [3.63, 3.8) is 0 Å². The molecular weight excluding hydrogens is 568 g/mol. The molecule has 1 aliphatic heterocycles. The zero-order chi connectivity index (χ0) is 31.1. The number of methoxy groups -OCH3 is 2. The number of hydrogen-bond acceptors (Lipinski definition) is 7. The van der Waals surface area contributed by atoms with Gasteiger partial charge in [-0.25, -0.2) is 9.18 Å². The van der Waals surface area contributed by atoms with E-state index in [1.54, 1.807) is 30.3 Å². The third-order valence-electron chi connectivity index (χ3n) is 7.76. The molecule has 0 unspecified atom stereocenters. The lowest BCUT2D eigenvalue weighted by Gasteiger charge is -2.44. The van der Waals surface area contributed by atoms with E-state index in [0.29, 0.717) is 5.56 Å². The Hall–Kier alpha value is -4.93. The van der Waals surface area contributed by atoms with Gasteiger partial charge in [-0.1, -0.05) is 48.5 Å². The van der Waals surface area contributed by atoms with Gasteiger partial charge in [0.15, 0.2) is 5.78 Å². The predicted molar refractivity (Wildman–Crippen MR) is 148 cm³/mol. The number of carbonyl (C=O) groups is 3. The monoisotopic (exact) mass is 594 g/mol. The van der Waals surface area contributed by atoms with Crippen LogP contribution >= 0.6 is 0 Å². The summed E-state index contributed by atoms with van der Waals surface area (Å²) in [7, 11) is 2.24. The molecule has 0 saturated carbocycles. The number of allylic oxidation sites excluding steroid dienone is 2. The van der Waals surface area contributed by atoms with Gasteiger partial charge in [0, 0.05) is 22.9 Å². The maximum absolute atomic E-state index is 14.5. The largest absolute Gasteiger partial charge is 0.468 e. The summed E-state index contributed by atoms with van der Waals surface area (Å²) < 4.78 is 65.4. The van der Waals surface area contributed by atoms with Gasteiger partial charge in [0.05, 0.1) is 31.3 Å². The topological polar surface area (TPSA) is 98.9 Å². The highest BCUT2D eigenvalue weighted by Gasteiger charge is 2.51. The molecule has 1 aliphatic carbocycles. The molecule has 3 aromatic carbocycles. The Morgan fingerprint density at radius 1 is 0.907 bits per heavy atom. The molecule has 3 atom stereocenters. The van der Waals surface area contributed by atoms with Gasteiger partial charge in [-0.15, -0.1) is 0 Å². The van der Waals surface area contributed by atoms with Crippen molar-refractivity contribution >= 4 is 23.4 Å².